The van der Waals surface area contributed by atoms with Crippen molar-refractivity contribution in [3.8, 4) is 0 Å². The molecule has 0 bridgehead atoms. The van der Waals surface area contributed by atoms with Crippen molar-refractivity contribution < 1.29 is 4.39 Å². The van der Waals surface area contributed by atoms with Gasteiger partial charge in [-0.2, -0.15) is 0 Å². The first-order valence-corrected chi connectivity index (χ1v) is 9.02. The molecule has 0 radical (unpaired) electrons. The number of anilines is 1. The van der Waals surface area contributed by atoms with Crippen LogP contribution in [-0.4, -0.2) is 41.1 Å². The highest BCUT2D eigenvalue weighted by Gasteiger charge is 2.19. The number of hydrogen-bond donors (Lipinski definition) is 1. The molecule has 0 atom stereocenters. The van der Waals surface area contributed by atoms with Gasteiger partial charge in [-0.15, -0.1) is 0 Å². The number of nitrogens with zero attached hydrogens (tertiary/aromatic N) is 2. The molecule has 1 fully saturated rings. The first kappa shape index (κ1) is 17.8. The molecule has 1 aliphatic heterocycles. The number of halogens is 1. The van der Waals surface area contributed by atoms with Gasteiger partial charge in [0.1, 0.15) is 5.82 Å². The summed E-state index contributed by atoms with van der Waals surface area (Å²) in [5.74, 6) is -0.171. The molecule has 5 heteroatoms. The topological polar surface area (TPSA) is 18.5 Å². The molecule has 1 heterocycles. The van der Waals surface area contributed by atoms with E-state index in [2.05, 4.69) is 47.2 Å². The van der Waals surface area contributed by atoms with Crippen LogP contribution in [0.15, 0.2) is 42.5 Å². The van der Waals surface area contributed by atoms with Gasteiger partial charge in [0.05, 0.1) is 0 Å². The second-order valence-corrected chi connectivity index (χ2v) is 7.01. The van der Waals surface area contributed by atoms with Crippen molar-refractivity contribution in [2.45, 2.75) is 20.4 Å². The lowest BCUT2D eigenvalue weighted by Crippen LogP contribution is -2.49. The standard InChI is InChI=1S/C20H24FN3S/c1-15-6-7-19(12-16(15)2)22-20(25)24-10-8-23(9-11-24)14-17-4-3-5-18(21)13-17/h3-7,12-13H,8-11,14H2,1-2H3,(H,22,25). The molecule has 1 N–H and O–H groups in total. The van der Waals surface area contributed by atoms with Crippen molar-refractivity contribution in [2.75, 3.05) is 31.5 Å². The second-order valence-electron chi connectivity index (χ2n) is 6.62. The highest BCUT2D eigenvalue weighted by Crippen LogP contribution is 2.16. The molecule has 25 heavy (non-hydrogen) atoms. The van der Waals surface area contributed by atoms with E-state index in [-0.39, 0.29) is 5.82 Å². The van der Waals surface area contributed by atoms with E-state index in [0.29, 0.717) is 0 Å². The van der Waals surface area contributed by atoms with Crippen molar-refractivity contribution in [1.82, 2.24) is 9.80 Å². The lowest BCUT2D eigenvalue weighted by molar-refractivity contribution is 0.177. The SMILES string of the molecule is Cc1ccc(NC(=S)N2CCN(Cc3cccc(F)c3)CC2)cc1C. The second kappa shape index (κ2) is 7.93. The first-order chi connectivity index (χ1) is 12.0. The number of rotatable bonds is 3. The fourth-order valence-electron chi connectivity index (χ4n) is 3.02. The molecular weight excluding hydrogens is 333 g/mol. The molecule has 2 aromatic carbocycles. The predicted molar refractivity (Wildman–Crippen MR) is 105 cm³/mol. The van der Waals surface area contributed by atoms with Crippen molar-refractivity contribution in [3.05, 3.63) is 65.0 Å². The van der Waals surface area contributed by atoms with Crippen LogP contribution in [-0.2, 0) is 6.54 Å². The van der Waals surface area contributed by atoms with Gasteiger partial charge in [0.15, 0.2) is 5.11 Å². The molecule has 3 rings (SSSR count). The van der Waals surface area contributed by atoms with Gasteiger partial charge in [0.2, 0.25) is 0 Å². The molecule has 1 saturated heterocycles. The van der Waals surface area contributed by atoms with Gasteiger partial charge in [-0.25, -0.2) is 4.39 Å². The van der Waals surface area contributed by atoms with E-state index < -0.39 is 0 Å². The Morgan fingerprint density at radius 2 is 1.80 bits per heavy atom. The van der Waals surface area contributed by atoms with E-state index in [4.69, 9.17) is 12.2 Å². The third-order valence-corrected chi connectivity index (χ3v) is 5.07. The minimum Gasteiger partial charge on any atom is -0.346 e. The summed E-state index contributed by atoms with van der Waals surface area (Å²) in [6, 6.07) is 13.1. The zero-order valence-electron chi connectivity index (χ0n) is 14.8. The minimum absolute atomic E-state index is 0.171. The fourth-order valence-corrected chi connectivity index (χ4v) is 3.32. The predicted octanol–water partition coefficient (Wildman–Crippen LogP) is 3.96. The molecule has 0 aliphatic carbocycles. The highest BCUT2D eigenvalue weighted by molar-refractivity contribution is 7.80. The van der Waals surface area contributed by atoms with Crippen LogP contribution in [0.3, 0.4) is 0 Å². The van der Waals surface area contributed by atoms with Crippen LogP contribution in [0.1, 0.15) is 16.7 Å². The van der Waals surface area contributed by atoms with Gasteiger partial charge >= 0.3 is 0 Å². The van der Waals surface area contributed by atoms with Gasteiger partial charge in [-0.05, 0) is 67.0 Å². The molecule has 0 unspecified atom stereocenters. The molecule has 0 saturated carbocycles. The summed E-state index contributed by atoms with van der Waals surface area (Å²) in [7, 11) is 0. The lowest BCUT2D eigenvalue weighted by Gasteiger charge is -2.36. The number of benzene rings is 2. The van der Waals surface area contributed by atoms with E-state index in [9.17, 15) is 4.39 Å². The Morgan fingerprint density at radius 3 is 2.48 bits per heavy atom. The van der Waals surface area contributed by atoms with Crippen LogP contribution in [0, 0.1) is 19.7 Å². The lowest BCUT2D eigenvalue weighted by atomic mass is 10.1. The van der Waals surface area contributed by atoms with Gasteiger partial charge in [-0.3, -0.25) is 4.90 Å². The quantitative estimate of drug-likeness (QED) is 0.838. The third kappa shape index (κ3) is 4.77. The average Bonchev–Trinajstić information content (AvgIpc) is 2.59. The summed E-state index contributed by atoms with van der Waals surface area (Å²) in [4.78, 5) is 4.54. The summed E-state index contributed by atoms with van der Waals surface area (Å²) in [6.07, 6.45) is 0. The fraction of sp³-hybridized carbons (Fsp3) is 0.350. The van der Waals surface area contributed by atoms with Crippen LogP contribution in [0.4, 0.5) is 10.1 Å². The minimum atomic E-state index is -0.171. The van der Waals surface area contributed by atoms with E-state index in [1.54, 1.807) is 12.1 Å². The van der Waals surface area contributed by atoms with Gasteiger partial charge in [0, 0.05) is 38.4 Å². The number of aryl methyl sites for hydroxylation is 2. The molecule has 0 amide bonds. The zero-order valence-corrected chi connectivity index (χ0v) is 15.6. The number of hydrogen-bond acceptors (Lipinski definition) is 2. The zero-order chi connectivity index (χ0) is 17.8. The molecule has 0 aromatic heterocycles. The van der Waals surface area contributed by atoms with Crippen LogP contribution in [0.25, 0.3) is 0 Å². The number of thiocarbonyl (C=S) groups is 1. The molecule has 132 valence electrons. The first-order valence-electron chi connectivity index (χ1n) is 8.61. The molecular formula is C20H24FN3S. The summed E-state index contributed by atoms with van der Waals surface area (Å²) < 4.78 is 13.3. The van der Waals surface area contributed by atoms with Gasteiger partial charge in [0.25, 0.3) is 0 Å². The van der Waals surface area contributed by atoms with Crippen molar-refractivity contribution in [2.24, 2.45) is 0 Å². The normalized spacial score (nSPS) is 15.2. The summed E-state index contributed by atoms with van der Waals surface area (Å²) in [5, 5.41) is 4.11. The van der Waals surface area contributed by atoms with Crippen LogP contribution in [0.5, 0.6) is 0 Å². The Balaban J connectivity index is 1.51. The largest absolute Gasteiger partial charge is 0.346 e. The molecule has 1 aliphatic rings. The van der Waals surface area contributed by atoms with Crippen molar-refractivity contribution in [1.29, 1.82) is 0 Å². The summed E-state index contributed by atoms with van der Waals surface area (Å²) in [5.41, 5.74) is 4.59. The van der Waals surface area contributed by atoms with Crippen LogP contribution < -0.4 is 5.32 Å². The highest BCUT2D eigenvalue weighted by atomic mass is 32.1. The third-order valence-electron chi connectivity index (χ3n) is 4.71. The van der Waals surface area contributed by atoms with E-state index in [0.717, 1.165) is 49.1 Å². The molecule has 0 spiro atoms. The Bertz CT molecular complexity index is 754. The van der Waals surface area contributed by atoms with Crippen LogP contribution in [0.2, 0.25) is 0 Å². The summed E-state index contributed by atoms with van der Waals surface area (Å²) in [6.45, 7) is 8.60. The van der Waals surface area contributed by atoms with E-state index >= 15 is 0 Å². The van der Waals surface area contributed by atoms with Crippen LogP contribution >= 0.6 is 12.2 Å². The maximum Gasteiger partial charge on any atom is 0.173 e. The van der Waals surface area contributed by atoms with Crippen molar-refractivity contribution >= 4 is 23.0 Å². The monoisotopic (exact) mass is 357 g/mol. The van der Waals surface area contributed by atoms with E-state index in [1.807, 2.05) is 6.07 Å². The van der Waals surface area contributed by atoms with Gasteiger partial charge in [-0.1, -0.05) is 18.2 Å². The smallest absolute Gasteiger partial charge is 0.173 e. The van der Waals surface area contributed by atoms with Crippen molar-refractivity contribution in [3.63, 3.8) is 0 Å². The van der Waals surface area contributed by atoms with E-state index in [1.165, 1.54) is 17.2 Å². The molecule has 2 aromatic rings. The Morgan fingerprint density at radius 1 is 1.04 bits per heavy atom. The Hall–Kier alpha value is -1.98. The van der Waals surface area contributed by atoms with Gasteiger partial charge < -0.3 is 10.2 Å². The Labute approximate surface area is 154 Å². The maximum absolute atomic E-state index is 13.3. The number of nitrogens with one attached hydrogen (secondary N) is 1. The number of piperazine rings is 1. The molecule has 3 nitrogen and oxygen atoms in total. The average molecular weight is 357 g/mol. The maximum atomic E-state index is 13.3. The summed E-state index contributed by atoms with van der Waals surface area (Å²) >= 11 is 5.56. The Kier molecular flexibility index (Phi) is 5.66.